The van der Waals surface area contributed by atoms with Crippen LogP contribution in [0.25, 0.3) is 10.1 Å². The number of benzene rings is 1. The number of fused-ring (bicyclic) bond motifs is 1. The van der Waals surface area contributed by atoms with Crippen molar-refractivity contribution in [1.29, 1.82) is 0 Å². The molecule has 1 aromatic carbocycles. The minimum atomic E-state index is 0.484. The third-order valence-electron chi connectivity index (χ3n) is 6.25. The zero-order valence-corrected chi connectivity index (χ0v) is 13.3. The summed E-state index contributed by atoms with van der Waals surface area (Å²) in [6.45, 7) is 1.07. The quantitative estimate of drug-likeness (QED) is 0.844. The van der Waals surface area contributed by atoms with Gasteiger partial charge in [-0.05, 0) is 78.7 Å². The Kier molecular flexibility index (Phi) is 2.75. The lowest BCUT2D eigenvalue weighted by molar-refractivity contribution is -0.0205. The van der Waals surface area contributed by atoms with Crippen LogP contribution in [-0.4, -0.2) is 5.54 Å². The summed E-state index contributed by atoms with van der Waals surface area (Å²) < 4.78 is 1.43. The topological polar surface area (TPSA) is 12.0 Å². The number of hydrogen-bond donors (Lipinski definition) is 1. The van der Waals surface area contributed by atoms with Gasteiger partial charge in [0.1, 0.15) is 0 Å². The van der Waals surface area contributed by atoms with Crippen molar-refractivity contribution in [3.05, 3.63) is 35.2 Å². The molecule has 21 heavy (non-hydrogen) atoms. The second-order valence-corrected chi connectivity index (χ2v) is 8.72. The highest BCUT2D eigenvalue weighted by molar-refractivity contribution is 7.17. The number of nitrogens with one attached hydrogen (secondary N) is 1. The van der Waals surface area contributed by atoms with Crippen molar-refractivity contribution in [2.75, 3.05) is 0 Å². The predicted octanol–water partition coefficient (Wildman–Crippen LogP) is 4.96. The van der Waals surface area contributed by atoms with E-state index in [9.17, 15) is 0 Å². The van der Waals surface area contributed by atoms with Gasteiger partial charge in [-0.3, -0.25) is 0 Å². The Morgan fingerprint density at radius 1 is 1.00 bits per heavy atom. The highest BCUT2D eigenvalue weighted by Gasteiger charge is 2.50. The summed E-state index contributed by atoms with van der Waals surface area (Å²) in [5.74, 6) is 3.09. The first-order valence-electron chi connectivity index (χ1n) is 8.50. The summed E-state index contributed by atoms with van der Waals surface area (Å²) >= 11 is 1.89. The summed E-state index contributed by atoms with van der Waals surface area (Å²) in [5.41, 5.74) is 1.99. The molecule has 0 radical (unpaired) electrons. The molecular formula is C19H23NS. The molecule has 1 heterocycles. The van der Waals surface area contributed by atoms with Crippen molar-refractivity contribution in [3.63, 3.8) is 0 Å². The van der Waals surface area contributed by atoms with Crippen LogP contribution in [-0.2, 0) is 6.54 Å². The van der Waals surface area contributed by atoms with Gasteiger partial charge in [-0.15, -0.1) is 11.3 Å². The number of hydrogen-bond acceptors (Lipinski definition) is 2. The zero-order valence-electron chi connectivity index (χ0n) is 12.5. The van der Waals surface area contributed by atoms with Crippen LogP contribution >= 0.6 is 11.3 Å². The molecule has 4 aliphatic carbocycles. The van der Waals surface area contributed by atoms with E-state index in [-0.39, 0.29) is 0 Å². The molecule has 1 nitrogen and oxygen atoms in total. The minimum Gasteiger partial charge on any atom is -0.307 e. The van der Waals surface area contributed by atoms with E-state index in [1.54, 1.807) is 0 Å². The molecule has 4 saturated carbocycles. The third-order valence-corrected chi connectivity index (χ3v) is 7.27. The van der Waals surface area contributed by atoms with Gasteiger partial charge in [0.05, 0.1) is 0 Å². The summed E-state index contributed by atoms with van der Waals surface area (Å²) in [6.07, 6.45) is 8.93. The molecule has 0 aliphatic heterocycles. The summed E-state index contributed by atoms with van der Waals surface area (Å²) in [7, 11) is 0. The second-order valence-electron chi connectivity index (χ2n) is 7.81. The average molecular weight is 297 g/mol. The number of thiophene rings is 1. The molecule has 2 heteroatoms. The van der Waals surface area contributed by atoms with Crippen molar-refractivity contribution in [2.45, 2.75) is 50.6 Å². The Hall–Kier alpha value is -0.860. The van der Waals surface area contributed by atoms with Gasteiger partial charge in [-0.2, -0.15) is 0 Å². The molecule has 4 fully saturated rings. The lowest BCUT2D eigenvalue weighted by Crippen LogP contribution is -2.58. The molecule has 0 amide bonds. The normalized spacial score (nSPS) is 37.4. The monoisotopic (exact) mass is 297 g/mol. The van der Waals surface area contributed by atoms with Gasteiger partial charge in [-0.1, -0.05) is 18.2 Å². The van der Waals surface area contributed by atoms with Gasteiger partial charge in [0.15, 0.2) is 0 Å². The fourth-order valence-electron chi connectivity index (χ4n) is 5.78. The molecule has 0 atom stereocenters. The zero-order chi connectivity index (χ0) is 13.9. The molecule has 0 saturated heterocycles. The van der Waals surface area contributed by atoms with Crippen LogP contribution in [0, 0.1) is 17.8 Å². The lowest BCUT2D eigenvalue weighted by atomic mass is 9.53. The van der Waals surface area contributed by atoms with Crippen molar-refractivity contribution in [1.82, 2.24) is 5.32 Å². The maximum atomic E-state index is 4.03. The molecule has 4 bridgehead atoms. The highest BCUT2D eigenvalue weighted by atomic mass is 32.1. The molecule has 6 rings (SSSR count). The van der Waals surface area contributed by atoms with Crippen LogP contribution in [0.2, 0.25) is 0 Å². The second kappa shape index (κ2) is 4.57. The lowest BCUT2D eigenvalue weighted by Gasteiger charge is -2.57. The molecule has 1 aromatic heterocycles. The maximum Gasteiger partial charge on any atom is 0.0346 e. The largest absolute Gasteiger partial charge is 0.307 e. The van der Waals surface area contributed by atoms with Gasteiger partial charge in [0, 0.05) is 16.8 Å². The van der Waals surface area contributed by atoms with E-state index in [4.69, 9.17) is 0 Å². The molecule has 4 aliphatic rings. The van der Waals surface area contributed by atoms with E-state index in [1.165, 1.54) is 54.2 Å². The summed E-state index contributed by atoms with van der Waals surface area (Å²) in [4.78, 5) is 0. The van der Waals surface area contributed by atoms with Gasteiger partial charge in [-0.25, -0.2) is 0 Å². The van der Waals surface area contributed by atoms with Crippen molar-refractivity contribution >= 4 is 21.4 Å². The first kappa shape index (κ1) is 12.7. The Balaban J connectivity index is 1.38. The van der Waals surface area contributed by atoms with E-state index in [2.05, 4.69) is 35.0 Å². The van der Waals surface area contributed by atoms with Gasteiger partial charge in [0.2, 0.25) is 0 Å². The van der Waals surface area contributed by atoms with Crippen LogP contribution in [0.1, 0.15) is 44.1 Å². The van der Waals surface area contributed by atoms with Crippen molar-refractivity contribution in [2.24, 2.45) is 17.8 Å². The standard InChI is InChI=1S/C19H23NS/c1-2-4-18-17(3-1)16(12-21-18)11-20-19-8-13-5-14(9-19)7-15(6-13)10-19/h1-4,12-15,20H,5-11H2. The van der Waals surface area contributed by atoms with Crippen LogP contribution in [0.15, 0.2) is 29.6 Å². The van der Waals surface area contributed by atoms with E-state index in [0.29, 0.717) is 5.54 Å². The molecule has 110 valence electrons. The first-order valence-corrected chi connectivity index (χ1v) is 9.38. The minimum absolute atomic E-state index is 0.484. The van der Waals surface area contributed by atoms with E-state index in [0.717, 1.165) is 24.3 Å². The SMILES string of the molecule is c1ccc2c(CNC34CC5CC(CC(C5)C3)C4)csc2c1. The van der Waals surface area contributed by atoms with E-state index >= 15 is 0 Å². The smallest absolute Gasteiger partial charge is 0.0346 e. The Labute approximate surface area is 130 Å². The van der Waals surface area contributed by atoms with E-state index in [1.807, 2.05) is 11.3 Å². The summed E-state index contributed by atoms with van der Waals surface area (Å²) in [6, 6.07) is 8.84. The van der Waals surface area contributed by atoms with Crippen molar-refractivity contribution in [3.8, 4) is 0 Å². The third kappa shape index (κ3) is 2.07. The van der Waals surface area contributed by atoms with Gasteiger partial charge < -0.3 is 5.32 Å². The summed E-state index contributed by atoms with van der Waals surface area (Å²) in [5, 5.41) is 7.85. The van der Waals surface area contributed by atoms with Crippen LogP contribution in [0.4, 0.5) is 0 Å². The molecule has 0 spiro atoms. The van der Waals surface area contributed by atoms with Gasteiger partial charge >= 0.3 is 0 Å². The van der Waals surface area contributed by atoms with Crippen molar-refractivity contribution < 1.29 is 0 Å². The highest BCUT2D eigenvalue weighted by Crippen LogP contribution is 2.55. The first-order chi connectivity index (χ1) is 10.3. The fraction of sp³-hybridized carbons (Fsp3) is 0.579. The molecule has 2 aromatic rings. The Bertz CT molecular complexity index is 636. The van der Waals surface area contributed by atoms with E-state index < -0.39 is 0 Å². The fourth-order valence-corrected chi connectivity index (χ4v) is 6.74. The van der Waals surface area contributed by atoms with Crippen LogP contribution in [0.3, 0.4) is 0 Å². The average Bonchev–Trinajstić information content (AvgIpc) is 2.87. The predicted molar refractivity (Wildman–Crippen MR) is 89.6 cm³/mol. The molecule has 0 unspecified atom stereocenters. The maximum absolute atomic E-state index is 4.03. The van der Waals surface area contributed by atoms with Crippen LogP contribution in [0.5, 0.6) is 0 Å². The molecular weight excluding hydrogens is 274 g/mol. The van der Waals surface area contributed by atoms with Gasteiger partial charge in [0.25, 0.3) is 0 Å². The Morgan fingerprint density at radius 3 is 2.38 bits per heavy atom. The Morgan fingerprint density at radius 2 is 1.67 bits per heavy atom. The molecule has 1 N–H and O–H groups in total. The number of rotatable bonds is 3. The van der Waals surface area contributed by atoms with Crippen LogP contribution < -0.4 is 5.32 Å².